The average Bonchev–Trinajstić information content (AvgIpc) is 3.29. The van der Waals surface area contributed by atoms with Crippen molar-refractivity contribution in [2.75, 3.05) is 70.0 Å². The zero-order chi connectivity index (χ0) is 21.6. The molecule has 0 amide bonds. The molecule has 31 heavy (non-hydrogen) atoms. The van der Waals surface area contributed by atoms with Crippen LogP contribution in [0.1, 0.15) is 12.7 Å². The number of aryl methyl sites for hydroxylation is 1. The number of hydrogen-bond donors (Lipinski definition) is 1. The van der Waals surface area contributed by atoms with Crippen LogP contribution in [-0.2, 0) is 11.2 Å². The number of aromatic nitrogens is 4. The molecule has 1 unspecified atom stereocenters. The van der Waals surface area contributed by atoms with E-state index in [2.05, 4.69) is 41.5 Å². The van der Waals surface area contributed by atoms with Gasteiger partial charge in [0.05, 0.1) is 37.9 Å². The van der Waals surface area contributed by atoms with Crippen molar-refractivity contribution in [2.45, 2.75) is 13.3 Å². The van der Waals surface area contributed by atoms with Crippen molar-refractivity contribution >= 4 is 28.4 Å². The van der Waals surface area contributed by atoms with E-state index < -0.39 is 0 Å². The molecule has 1 N–H and O–H groups in total. The highest BCUT2D eigenvalue weighted by Crippen LogP contribution is 2.45. The van der Waals surface area contributed by atoms with E-state index in [9.17, 15) is 5.11 Å². The highest BCUT2D eigenvalue weighted by Gasteiger charge is 2.44. The summed E-state index contributed by atoms with van der Waals surface area (Å²) in [5.74, 6) is 3.45. The summed E-state index contributed by atoms with van der Waals surface area (Å²) in [5.41, 5.74) is 3.04. The van der Waals surface area contributed by atoms with Gasteiger partial charge in [0.2, 0.25) is 17.5 Å². The number of aliphatic hydroxyl groups excluding tert-OH is 1. The lowest BCUT2D eigenvalue weighted by molar-refractivity contribution is 0.122. The van der Waals surface area contributed by atoms with E-state index >= 15 is 0 Å². The van der Waals surface area contributed by atoms with Crippen molar-refractivity contribution in [2.24, 2.45) is 0 Å². The molecule has 1 atom stereocenters. The van der Waals surface area contributed by atoms with Crippen LogP contribution in [0.15, 0.2) is 24.3 Å². The number of morpholine rings is 1. The number of benzene rings is 1. The van der Waals surface area contributed by atoms with Crippen LogP contribution in [0.25, 0.3) is 17.0 Å². The third-order valence-electron chi connectivity index (χ3n) is 6.31. The molecule has 0 saturated carbocycles. The fourth-order valence-electron chi connectivity index (χ4n) is 4.81. The van der Waals surface area contributed by atoms with Crippen LogP contribution >= 0.6 is 0 Å². The van der Waals surface area contributed by atoms with Gasteiger partial charge in [-0.05, 0) is 12.1 Å². The van der Waals surface area contributed by atoms with Gasteiger partial charge in [-0.3, -0.25) is 9.05 Å². The maximum atomic E-state index is 9.78. The number of fused-ring (bicyclic) bond motifs is 2. The van der Waals surface area contributed by atoms with E-state index in [1.807, 2.05) is 18.2 Å². The summed E-state index contributed by atoms with van der Waals surface area (Å²) >= 11 is 0. The second-order valence-electron chi connectivity index (χ2n) is 8.51. The van der Waals surface area contributed by atoms with Gasteiger partial charge < -0.3 is 19.6 Å². The summed E-state index contributed by atoms with van der Waals surface area (Å²) < 4.78 is 8.27. The monoisotopic (exact) mass is 424 g/mol. The number of nitrogens with zero attached hydrogens (tertiary/aromatic N) is 7. The van der Waals surface area contributed by atoms with Gasteiger partial charge in [-0.15, -0.1) is 0 Å². The summed E-state index contributed by atoms with van der Waals surface area (Å²) in [6.07, 6.45) is 0.788. The number of anilines is 2. The highest BCUT2D eigenvalue weighted by molar-refractivity contribution is 5.83. The summed E-state index contributed by atoms with van der Waals surface area (Å²) in [6.45, 7) is 6.52. The fourth-order valence-corrected chi connectivity index (χ4v) is 4.81. The van der Waals surface area contributed by atoms with Crippen LogP contribution in [0.5, 0.6) is 0 Å². The van der Waals surface area contributed by atoms with Crippen LogP contribution in [0.2, 0.25) is 0 Å². The van der Waals surface area contributed by atoms with Gasteiger partial charge >= 0.3 is 0 Å². The highest BCUT2D eigenvalue weighted by atomic mass is 16.5. The fraction of sp³-hybridized carbons (Fsp3) is 0.500. The minimum atomic E-state index is 0.111. The Morgan fingerprint density at radius 1 is 1.10 bits per heavy atom. The molecule has 9 nitrogen and oxygen atoms in total. The number of quaternary nitrogens is 1. The Hall–Kier alpha value is -2.75. The zero-order valence-electron chi connectivity index (χ0n) is 18.5. The maximum Gasteiger partial charge on any atom is 0.240 e. The molecule has 5 rings (SSSR count). The van der Waals surface area contributed by atoms with Gasteiger partial charge in [0, 0.05) is 26.6 Å². The molecule has 0 radical (unpaired) electrons. The summed E-state index contributed by atoms with van der Waals surface area (Å²) in [5, 5.41) is 9.78. The van der Waals surface area contributed by atoms with Gasteiger partial charge in [-0.2, -0.15) is 9.97 Å². The van der Waals surface area contributed by atoms with Gasteiger partial charge in [-0.25, -0.2) is 4.98 Å². The standard InChI is InChI=1S/C22H30N7O2/c1-4-18-23-16-7-5-6-8-17(16)28(18)22-24-20-19(29(3,11-12-30)15-26(20)2)21(25-22)27-9-13-31-14-10-27/h5-8,30H,4,9-15H2,1-3H3/q+1. The van der Waals surface area contributed by atoms with Crippen LogP contribution in [-0.4, -0.2) is 84.8 Å². The van der Waals surface area contributed by atoms with Crippen molar-refractivity contribution in [1.29, 1.82) is 0 Å². The Morgan fingerprint density at radius 3 is 2.58 bits per heavy atom. The van der Waals surface area contributed by atoms with E-state index in [1.54, 1.807) is 0 Å². The first-order valence-corrected chi connectivity index (χ1v) is 10.9. The molecule has 9 heteroatoms. The van der Waals surface area contributed by atoms with Crippen molar-refractivity contribution < 1.29 is 9.84 Å². The van der Waals surface area contributed by atoms with Crippen molar-refractivity contribution in [3.63, 3.8) is 0 Å². The van der Waals surface area contributed by atoms with Crippen LogP contribution in [0, 0.1) is 0 Å². The van der Waals surface area contributed by atoms with Gasteiger partial charge in [0.1, 0.15) is 12.4 Å². The number of ether oxygens (including phenoxy) is 1. The van der Waals surface area contributed by atoms with Crippen LogP contribution in [0.4, 0.5) is 17.3 Å². The molecular weight excluding hydrogens is 394 g/mol. The topological polar surface area (TPSA) is 79.5 Å². The third kappa shape index (κ3) is 3.24. The van der Waals surface area contributed by atoms with E-state index in [0.29, 0.717) is 30.2 Å². The molecule has 164 valence electrons. The summed E-state index contributed by atoms with van der Waals surface area (Å²) in [6, 6.07) is 8.13. The molecule has 1 saturated heterocycles. The number of rotatable bonds is 5. The second kappa shape index (κ2) is 7.74. The SMILES string of the molecule is CCc1nc2ccccc2n1-c1nc2c(c(N3CCOCC3)n1)[N+](C)(CCO)CN2C. The minimum Gasteiger partial charge on any atom is -0.390 e. The number of hydrogen-bond acceptors (Lipinski definition) is 7. The van der Waals surface area contributed by atoms with Crippen molar-refractivity contribution in [1.82, 2.24) is 24.0 Å². The molecule has 2 aromatic heterocycles. The number of para-hydroxylation sites is 2. The largest absolute Gasteiger partial charge is 0.390 e. The Labute approximate surface area is 182 Å². The molecule has 2 aliphatic rings. The first kappa shape index (κ1) is 20.2. The first-order valence-electron chi connectivity index (χ1n) is 10.9. The molecule has 0 spiro atoms. The van der Waals surface area contributed by atoms with Crippen LogP contribution in [0.3, 0.4) is 0 Å². The molecule has 0 bridgehead atoms. The first-order chi connectivity index (χ1) is 15.1. The lowest BCUT2D eigenvalue weighted by Gasteiger charge is -2.33. The Kier molecular flexibility index (Phi) is 5.04. The molecule has 1 aromatic carbocycles. The van der Waals surface area contributed by atoms with Gasteiger partial charge in [-0.1, -0.05) is 19.1 Å². The van der Waals surface area contributed by atoms with E-state index in [4.69, 9.17) is 19.7 Å². The normalized spacial score (nSPS) is 21.2. The number of aliphatic hydroxyl groups is 1. The van der Waals surface area contributed by atoms with E-state index in [1.165, 1.54) is 0 Å². The van der Waals surface area contributed by atoms with Crippen LogP contribution < -0.4 is 14.3 Å². The molecular formula is C22H30N7O2+. The van der Waals surface area contributed by atoms with Crippen molar-refractivity contribution in [3.05, 3.63) is 30.1 Å². The quantitative estimate of drug-likeness (QED) is 0.623. The maximum absolute atomic E-state index is 9.78. The minimum absolute atomic E-state index is 0.111. The summed E-state index contributed by atoms with van der Waals surface area (Å²) in [7, 11) is 4.21. The second-order valence-corrected chi connectivity index (χ2v) is 8.51. The van der Waals surface area contributed by atoms with E-state index in [-0.39, 0.29) is 6.61 Å². The third-order valence-corrected chi connectivity index (χ3v) is 6.31. The number of likely N-dealkylation sites (N-methyl/N-ethyl adjacent to an activating group) is 1. The molecule has 2 aliphatic heterocycles. The average molecular weight is 425 g/mol. The van der Waals surface area contributed by atoms with Gasteiger partial charge in [0.25, 0.3) is 0 Å². The van der Waals surface area contributed by atoms with E-state index in [0.717, 1.165) is 60.4 Å². The Bertz CT molecular complexity index is 1110. The van der Waals surface area contributed by atoms with Gasteiger partial charge in [0.15, 0.2) is 12.5 Å². The zero-order valence-corrected chi connectivity index (χ0v) is 18.5. The Morgan fingerprint density at radius 2 is 1.84 bits per heavy atom. The predicted octanol–water partition coefficient (Wildman–Crippen LogP) is 1.55. The molecule has 3 aromatic rings. The molecule has 0 aliphatic carbocycles. The Balaban J connectivity index is 1.76. The number of imidazole rings is 1. The molecule has 4 heterocycles. The van der Waals surface area contributed by atoms with Crippen molar-refractivity contribution in [3.8, 4) is 5.95 Å². The smallest absolute Gasteiger partial charge is 0.240 e. The lowest BCUT2D eigenvalue weighted by Crippen LogP contribution is -2.49. The lowest BCUT2D eigenvalue weighted by atomic mass is 10.3. The molecule has 1 fully saturated rings. The predicted molar refractivity (Wildman–Crippen MR) is 122 cm³/mol. The summed E-state index contributed by atoms with van der Waals surface area (Å²) in [4.78, 5) is 19.5.